The first kappa shape index (κ1) is 14.7. The number of halogens is 1. The molecule has 0 saturated carbocycles. The van der Waals surface area contributed by atoms with Crippen LogP contribution in [0.2, 0.25) is 0 Å². The Bertz CT molecular complexity index is 529. The molecule has 0 spiro atoms. The van der Waals surface area contributed by atoms with Gasteiger partial charge in [0, 0.05) is 17.6 Å². The summed E-state index contributed by atoms with van der Waals surface area (Å²) in [6.45, 7) is 3.36. The van der Waals surface area contributed by atoms with Crippen molar-refractivity contribution in [2.24, 2.45) is 11.5 Å². The van der Waals surface area contributed by atoms with E-state index in [1.807, 2.05) is 0 Å². The van der Waals surface area contributed by atoms with Gasteiger partial charge in [0.05, 0.1) is 11.3 Å². The summed E-state index contributed by atoms with van der Waals surface area (Å²) in [5, 5.41) is 2.80. The lowest BCUT2D eigenvalue weighted by molar-refractivity contribution is -0.118. The molecule has 0 bridgehead atoms. The maximum absolute atomic E-state index is 13.8. The zero-order valence-electron chi connectivity index (χ0n) is 10.8. The van der Waals surface area contributed by atoms with Gasteiger partial charge < -0.3 is 22.5 Å². The predicted octanol–water partition coefficient (Wildman–Crippen LogP) is 0.573. The molecule has 2 amide bonds. The van der Waals surface area contributed by atoms with Crippen LogP contribution >= 0.6 is 0 Å². The van der Waals surface area contributed by atoms with Gasteiger partial charge in [0.2, 0.25) is 5.91 Å². The molecule has 0 aliphatic rings. The maximum atomic E-state index is 13.8. The third kappa shape index (κ3) is 3.84. The molecular formula is C12H17FN4O2. The molecule has 104 valence electrons. The highest BCUT2D eigenvalue weighted by Gasteiger charge is 2.22. The SMILES string of the molecule is CC(C)(CC(N)=O)Nc1cc(C(N)=O)c(N)cc1F. The fourth-order valence-corrected chi connectivity index (χ4v) is 1.74. The third-order valence-electron chi connectivity index (χ3n) is 2.49. The lowest BCUT2D eigenvalue weighted by Gasteiger charge is -2.26. The van der Waals surface area contributed by atoms with E-state index in [1.165, 1.54) is 6.07 Å². The van der Waals surface area contributed by atoms with Crippen molar-refractivity contribution < 1.29 is 14.0 Å². The fraction of sp³-hybridized carbons (Fsp3) is 0.333. The van der Waals surface area contributed by atoms with E-state index in [9.17, 15) is 14.0 Å². The normalized spacial score (nSPS) is 11.1. The van der Waals surface area contributed by atoms with Crippen LogP contribution in [-0.4, -0.2) is 17.4 Å². The second-order valence-corrected chi connectivity index (χ2v) is 4.94. The van der Waals surface area contributed by atoms with Crippen LogP contribution in [0.3, 0.4) is 0 Å². The first-order valence-electron chi connectivity index (χ1n) is 5.58. The Labute approximate surface area is 110 Å². The second-order valence-electron chi connectivity index (χ2n) is 4.94. The molecule has 1 rings (SSSR count). The summed E-state index contributed by atoms with van der Waals surface area (Å²) < 4.78 is 13.8. The van der Waals surface area contributed by atoms with Crippen molar-refractivity contribution in [3.05, 3.63) is 23.5 Å². The van der Waals surface area contributed by atoms with Crippen molar-refractivity contribution >= 4 is 23.2 Å². The molecule has 0 fully saturated rings. The summed E-state index contributed by atoms with van der Waals surface area (Å²) in [7, 11) is 0. The summed E-state index contributed by atoms with van der Waals surface area (Å²) >= 11 is 0. The average Bonchev–Trinajstić information content (AvgIpc) is 2.19. The molecule has 19 heavy (non-hydrogen) atoms. The van der Waals surface area contributed by atoms with Gasteiger partial charge in [-0.05, 0) is 26.0 Å². The summed E-state index contributed by atoms with van der Waals surface area (Å²) in [5.74, 6) is -1.92. The molecule has 6 nitrogen and oxygen atoms in total. The van der Waals surface area contributed by atoms with Crippen LogP contribution in [0.1, 0.15) is 30.6 Å². The topological polar surface area (TPSA) is 124 Å². The number of rotatable bonds is 5. The van der Waals surface area contributed by atoms with Crippen molar-refractivity contribution in [1.29, 1.82) is 0 Å². The molecule has 0 radical (unpaired) electrons. The van der Waals surface area contributed by atoms with E-state index in [2.05, 4.69) is 5.32 Å². The minimum absolute atomic E-state index is 0.00270. The van der Waals surface area contributed by atoms with Gasteiger partial charge >= 0.3 is 0 Å². The number of nitrogen functional groups attached to an aromatic ring is 1. The Morgan fingerprint density at radius 1 is 1.32 bits per heavy atom. The molecule has 0 aliphatic heterocycles. The Morgan fingerprint density at radius 2 is 1.89 bits per heavy atom. The van der Waals surface area contributed by atoms with Crippen LogP contribution in [0.25, 0.3) is 0 Å². The first-order valence-corrected chi connectivity index (χ1v) is 5.58. The zero-order valence-corrected chi connectivity index (χ0v) is 10.8. The zero-order chi connectivity index (χ0) is 14.8. The monoisotopic (exact) mass is 268 g/mol. The minimum Gasteiger partial charge on any atom is -0.398 e. The molecule has 0 aliphatic carbocycles. The number of carbonyl (C=O) groups excluding carboxylic acids is 2. The number of nitrogens with two attached hydrogens (primary N) is 3. The first-order chi connectivity index (χ1) is 8.62. The van der Waals surface area contributed by atoms with Crippen molar-refractivity contribution in [3.8, 4) is 0 Å². The Morgan fingerprint density at radius 3 is 2.37 bits per heavy atom. The lowest BCUT2D eigenvalue weighted by Crippen LogP contribution is -2.36. The van der Waals surface area contributed by atoms with Gasteiger partial charge in [0.25, 0.3) is 5.91 Å². The quantitative estimate of drug-likeness (QED) is 0.583. The molecular weight excluding hydrogens is 251 g/mol. The second kappa shape index (κ2) is 5.13. The summed E-state index contributed by atoms with van der Waals surface area (Å²) in [6.07, 6.45) is 0.00270. The molecule has 7 heteroatoms. The van der Waals surface area contributed by atoms with Crippen LogP contribution in [-0.2, 0) is 4.79 Å². The smallest absolute Gasteiger partial charge is 0.250 e. The van der Waals surface area contributed by atoms with Crippen molar-refractivity contribution in [2.75, 3.05) is 11.1 Å². The molecule has 0 unspecified atom stereocenters. The minimum atomic E-state index is -0.766. The van der Waals surface area contributed by atoms with E-state index in [1.54, 1.807) is 13.8 Å². The number of anilines is 2. The van der Waals surface area contributed by atoms with E-state index in [-0.39, 0.29) is 23.4 Å². The Kier molecular flexibility index (Phi) is 3.98. The van der Waals surface area contributed by atoms with E-state index in [0.29, 0.717) is 0 Å². The Balaban J connectivity index is 3.11. The highest BCUT2D eigenvalue weighted by molar-refractivity contribution is 5.99. The van der Waals surface area contributed by atoms with E-state index < -0.39 is 23.2 Å². The van der Waals surface area contributed by atoms with Crippen LogP contribution in [0, 0.1) is 5.82 Å². The standard InChI is InChI=1S/C12H17FN4O2/c1-12(2,5-10(15)18)17-9-3-6(11(16)19)8(14)4-7(9)13/h3-4,17H,5,14H2,1-2H3,(H2,15,18)(H2,16,19). The van der Waals surface area contributed by atoms with Crippen LogP contribution in [0.15, 0.2) is 12.1 Å². The number of hydrogen-bond donors (Lipinski definition) is 4. The van der Waals surface area contributed by atoms with E-state index in [4.69, 9.17) is 17.2 Å². The van der Waals surface area contributed by atoms with Crippen molar-refractivity contribution in [2.45, 2.75) is 25.8 Å². The number of nitrogens with one attached hydrogen (secondary N) is 1. The summed E-state index contributed by atoms with van der Waals surface area (Å²) in [4.78, 5) is 22.1. The summed E-state index contributed by atoms with van der Waals surface area (Å²) in [6, 6.07) is 2.22. The fourth-order valence-electron chi connectivity index (χ4n) is 1.74. The molecule has 0 atom stereocenters. The number of carbonyl (C=O) groups is 2. The number of primary amides is 2. The van der Waals surface area contributed by atoms with E-state index >= 15 is 0 Å². The third-order valence-corrected chi connectivity index (χ3v) is 2.49. The Hall–Kier alpha value is -2.31. The van der Waals surface area contributed by atoms with Gasteiger partial charge in [-0.25, -0.2) is 4.39 Å². The average molecular weight is 268 g/mol. The highest BCUT2D eigenvalue weighted by Crippen LogP contribution is 2.25. The van der Waals surface area contributed by atoms with Crippen LogP contribution < -0.4 is 22.5 Å². The number of hydrogen-bond acceptors (Lipinski definition) is 4. The van der Waals surface area contributed by atoms with Gasteiger partial charge in [-0.3, -0.25) is 9.59 Å². The van der Waals surface area contributed by atoms with Crippen LogP contribution in [0.4, 0.5) is 15.8 Å². The summed E-state index contributed by atoms with van der Waals surface area (Å²) in [5.41, 5.74) is 15.0. The van der Waals surface area contributed by atoms with Gasteiger partial charge in [0.15, 0.2) is 0 Å². The van der Waals surface area contributed by atoms with Gasteiger partial charge in [0.1, 0.15) is 5.82 Å². The number of amides is 2. The molecule has 7 N–H and O–H groups in total. The lowest BCUT2D eigenvalue weighted by atomic mass is 9.99. The van der Waals surface area contributed by atoms with E-state index in [0.717, 1.165) is 6.07 Å². The van der Waals surface area contributed by atoms with Crippen LogP contribution in [0.5, 0.6) is 0 Å². The van der Waals surface area contributed by atoms with Crippen molar-refractivity contribution in [1.82, 2.24) is 0 Å². The molecule has 1 aromatic rings. The molecule has 0 heterocycles. The highest BCUT2D eigenvalue weighted by atomic mass is 19.1. The molecule has 1 aromatic carbocycles. The van der Waals surface area contributed by atoms with Gasteiger partial charge in [-0.1, -0.05) is 0 Å². The van der Waals surface area contributed by atoms with Gasteiger partial charge in [-0.15, -0.1) is 0 Å². The molecule has 0 saturated heterocycles. The predicted molar refractivity (Wildman–Crippen MR) is 70.8 cm³/mol. The maximum Gasteiger partial charge on any atom is 0.250 e. The van der Waals surface area contributed by atoms with Gasteiger partial charge in [-0.2, -0.15) is 0 Å². The van der Waals surface area contributed by atoms with Crippen molar-refractivity contribution in [3.63, 3.8) is 0 Å². The largest absolute Gasteiger partial charge is 0.398 e. The molecule has 0 aromatic heterocycles. The number of benzene rings is 1.